The smallest absolute Gasteiger partial charge is 0.222 e. The Morgan fingerprint density at radius 3 is 2.59 bits per heavy atom. The van der Waals surface area contributed by atoms with Crippen molar-refractivity contribution in [3.63, 3.8) is 0 Å². The Labute approximate surface area is 101 Å². The summed E-state index contributed by atoms with van der Waals surface area (Å²) in [7, 11) is -3.06. The van der Waals surface area contributed by atoms with Crippen molar-refractivity contribution in [1.29, 1.82) is 0 Å². The first-order valence-electron chi connectivity index (χ1n) is 5.68. The van der Waals surface area contributed by atoms with Crippen molar-refractivity contribution in [3.05, 3.63) is 0 Å². The summed E-state index contributed by atoms with van der Waals surface area (Å²) in [6.45, 7) is 1.24. The minimum absolute atomic E-state index is 0.0106. The maximum atomic E-state index is 11.7. The van der Waals surface area contributed by atoms with Crippen LogP contribution in [0.15, 0.2) is 0 Å². The molecule has 0 aromatic rings. The summed E-state index contributed by atoms with van der Waals surface area (Å²) in [4.78, 5) is 13.1. The van der Waals surface area contributed by atoms with Crippen LogP contribution < -0.4 is 0 Å². The van der Waals surface area contributed by atoms with Gasteiger partial charge in [-0.1, -0.05) is 6.92 Å². The minimum Gasteiger partial charge on any atom is -0.394 e. The molecule has 0 unspecified atom stereocenters. The Bertz CT molecular complexity index is 367. The largest absolute Gasteiger partial charge is 0.394 e. The first-order chi connectivity index (χ1) is 7.89. The second-order valence-corrected chi connectivity index (χ2v) is 6.52. The van der Waals surface area contributed by atoms with Gasteiger partial charge in [-0.15, -0.1) is 0 Å². The third-order valence-corrected chi connectivity index (χ3v) is 4.64. The molecule has 1 aliphatic rings. The number of hydrogen-bond acceptors (Lipinski definition) is 5. The zero-order chi connectivity index (χ0) is 13.1. The van der Waals surface area contributed by atoms with E-state index in [1.165, 1.54) is 4.90 Å². The Kier molecular flexibility index (Phi) is 4.91. The van der Waals surface area contributed by atoms with Crippen molar-refractivity contribution in [1.82, 2.24) is 4.90 Å². The lowest BCUT2D eigenvalue weighted by molar-refractivity contribution is -0.134. The van der Waals surface area contributed by atoms with Crippen molar-refractivity contribution in [3.8, 4) is 0 Å². The summed E-state index contributed by atoms with van der Waals surface area (Å²) in [5, 5.41) is 18.1. The molecule has 0 radical (unpaired) electrons. The fraction of sp³-hybridized carbons (Fsp3) is 0.900. The summed E-state index contributed by atoms with van der Waals surface area (Å²) in [6, 6.07) is -0.367. The van der Waals surface area contributed by atoms with Crippen LogP contribution in [0.5, 0.6) is 0 Å². The van der Waals surface area contributed by atoms with Crippen LogP contribution in [0.25, 0.3) is 0 Å². The molecule has 0 bridgehead atoms. The summed E-state index contributed by atoms with van der Waals surface area (Å²) < 4.78 is 22.7. The van der Waals surface area contributed by atoms with Crippen molar-refractivity contribution in [2.45, 2.75) is 31.9 Å². The molecule has 1 amide bonds. The van der Waals surface area contributed by atoms with Gasteiger partial charge in [-0.25, -0.2) is 8.42 Å². The van der Waals surface area contributed by atoms with Gasteiger partial charge in [-0.2, -0.15) is 0 Å². The Morgan fingerprint density at radius 1 is 1.53 bits per heavy atom. The first-order valence-corrected chi connectivity index (χ1v) is 7.50. The standard InChI is InChI=1S/C10H19NO5S/c1-2-10(14)11(5-9(13)6-12)8-3-4-17(15,16)7-8/h8-9,12-13H,2-7H2,1H3/t8-,9+/m0/s1. The molecule has 1 fully saturated rings. The van der Waals surface area contributed by atoms with E-state index in [0.717, 1.165) is 0 Å². The van der Waals surface area contributed by atoms with Crippen LogP contribution >= 0.6 is 0 Å². The maximum Gasteiger partial charge on any atom is 0.222 e. The van der Waals surface area contributed by atoms with Crippen molar-refractivity contribution in [2.24, 2.45) is 0 Å². The molecule has 0 aliphatic carbocycles. The van der Waals surface area contributed by atoms with E-state index in [9.17, 15) is 18.3 Å². The van der Waals surface area contributed by atoms with Crippen molar-refractivity contribution in [2.75, 3.05) is 24.7 Å². The number of amides is 1. The third kappa shape index (κ3) is 3.93. The lowest BCUT2D eigenvalue weighted by atomic mass is 10.2. The summed E-state index contributed by atoms with van der Waals surface area (Å²) >= 11 is 0. The van der Waals surface area contributed by atoms with E-state index in [4.69, 9.17) is 5.11 Å². The summed E-state index contributed by atoms with van der Waals surface area (Å²) in [5.41, 5.74) is 0. The van der Waals surface area contributed by atoms with Crippen LogP contribution in [-0.4, -0.2) is 66.2 Å². The van der Waals surface area contributed by atoms with E-state index in [2.05, 4.69) is 0 Å². The molecular formula is C10H19NO5S. The highest BCUT2D eigenvalue weighted by molar-refractivity contribution is 7.91. The molecule has 0 spiro atoms. The van der Waals surface area contributed by atoms with Crippen molar-refractivity contribution >= 4 is 15.7 Å². The zero-order valence-corrected chi connectivity index (χ0v) is 10.7. The second-order valence-electron chi connectivity index (χ2n) is 4.29. The van der Waals surface area contributed by atoms with Crippen LogP contribution in [0, 0.1) is 0 Å². The number of sulfone groups is 1. The molecule has 2 N–H and O–H groups in total. The molecule has 1 rings (SSSR count). The van der Waals surface area contributed by atoms with Gasteiger partial charge >= 0.3 is 0 Å². The van der Waals surface area contributed by atoms with Crippen LogP contribution in [-0.2, 0) is 14.6 Å². The summed E-state index contributed by atoms with van der Waals surface area (Å²) in [6.07, 6.45) is -0.352. The van der Waals surface area contributed by atoms with Crippen molar-refractivity contribution < 1.29 is 23.4 Å². The number of carbonyl (C=O) groups excluding carboxylic acids is 1. The average Bonchev–Trinajstić information content (AvgIpc) is 2.64. The highest BCUT2D eigenvalue weighted by Crippen LogP contribution is 2.18. The Hall–Kier alpha value is -0.660. The average molecular weight is 265 g/mol. The quantitative estimate of drug-likeness (QED) is 0.649. The van der Waals surface area contributed by atoms with Gasteiger partial charge in [0.25, 0.3) is 0 Å². The van der Waals surface area contributed by atoms with Gasteiger partial charge in [0.05, 0.1) is 24.2 Å². The molecule has 1 heterocycles. The van der Waals surface area contributed by atoms with E-state index in [1.807, 2.05) is 0 Å². The molecule has 100 valence electrons. The molecule has 2 atom stereocenters. The number of nitrogens with zero attached hydrogens (tertiary/aromatic N) is 1. The fourth-order valence-electron chi connectivity index (χ4n) is 1.96. The normalized spacial score (nSPS) is 24.5. The molecule has 1 aliphatic heterocycles. The Morgan fingerprint density at radius 2 is 2.18 bits per heavy atom. The van der Waals surface area contributed by atoms with Gasteiger partial charge in [-0.05, 0) is 6.42 Å². The molecule has 1 saturated heterocycles. The van der Waals surface area contributed by atoms with Crippen LogP contribution in [0.4, 0.5) is 0 Å². The molecule has 0 aromatic carbocycles. The molecule has 0 aromatic heterocycles. The number of carbonyl (C=O) groups is 1. The van der Waals surface area contributed by atoms with E-state index in [0.29, 0.717) is 6.42 Å². The second kappa shape index (κ2) is 5.79. The predicted molar refractivity (Wildman–Crippen MR) is 62.2 cm³/mol. The number of aliphatic hydroxyl groups excluding tert-OH is 2. The van der Waals surface area contributed by atoms with E-state index in [-0.39, 0.29) is 36.4 Å². The minimum atomic E-state index is -3.06. The van der Waals surface area contributed by atoms with Gasteiger partial charge in [0, 0.05) is 19.0 Å². The number of rotatable bonds is 5. The lowest BCUT2D eigenvalue weighted by Crippen LogP contribution is -2.45. The maximum absolute atomic E-state index is 11.7. The van der Waals surface area contributed by atoms with Crippen LogP contribution in [0.2, 0.25) is 0 Å². The molecular weight excluding hydrogens is 246 g/mol. The SMILES string of the molecule is CCC(=O)N(C[C@@H](O)CO)[C@H]1CCS(=O)(=O)C1. The van der Waals surface area contributed by atoms with Crippen LogP contribution in [0.1, 0.15) is 19.8 Å². The summed E-state index contributed by atoms with van der Waals surface area (Å²) in [5.74, 6) is -0.156. The van der Waals surface area contributed by atoms with E-state index < -0.39 is 22.5 Å². The van der Waals surface area contributed by atoms with Gasteiger partial charge in [0.2, 0.25) is 5.91 Å². The molecule has 0 saturated carbocycles. The predicted octanol–water partition coefficient (Wildman–Crippen LogP) is -1.23. The Balaban J connectivity index is 2.74. The monoisotopic (exact) mass is 265 g/mol. The number of hydrogen-bond donors (Lipinski definition) is 2. The molecule has 6 nitrogen and oxygen atoms in total. The zero-order valence-electron chi connectivity index (χ0n) is 9.87. The molecule has 17 heavy (non-hydrogen) atoms. The van der Waals surface area contributed by atoms with Gasteiger partial charge < -0.3 is 15.1 Å². The fourth-order valence-corrected chi connectivity index (χ4v) is 3.69. The highest BCUT2D eigenvalue weighted by atomic mass is 32.2. The topological polar surface area (TPSA) is 94.9 Å². The van der Waals surface area contributed by atoms with Gasteiger partial charge in [-0.3, -0.25) is 4.79 Å². The van der Waals surface area contributed by atoms with Crippen LogP contribution in [0.3, 0.4) is 0 Å². The van der Waals surface area contributed by atoms with Gasteiger partial charge in [0.1, 0.15) is 0 Å². The van der Waals surface area contributed by atoms with E-state index in [1.54, 1.807) is 6.92 Å². The highest BCUT2D eigenvalue weighted by Gasteiger charge is 2.34. The third-order valence-electron chi connectivity index (χ3n) is 2.89. The molecule has 7 heteroatoms. The first kappa shape index (κ1) is 14.4. The van der Waals surface area contributed by atoms with Gasteiger partial charge in [0.15, 0.2) is 9.84 Å². The lowest BCUT2D eigenvalue weighted by Gasteiger charge is -2.29. The number of aliphatic hydroxyl groups is 2. The van der Waals surface area contributed by atoms with E-state index >= 15 is 0 Å².